The van der Waals surface area contributed by atoms with Crippen molar-refractivity contribution in [3.8, 4) is 23.0 Å². The highest BCUT2D eigenvalue weighted by Crippen LogP contribution is 2.46. The van der Waals surface area contributed by atoms with Gasteiger partial charge in [-0.05, 0) is 24.6 Å². The molecule has 0 amide bonds. The van der Waals surface area contributed by atoms with Gasteiger partial charge in [-0.3, -0.25) is 9.59 Å². The minimum absolute atomic E-state index is 0.395. The molecule has 0 saturated heterocycles. The zero-order chi connectivity index (χ0) is 21.1. The third kappa shape index (κ3) is 4.29. The van der Waals surface area contributed by atoms with Gasteiger partial charge in [0.15, 0.2) is 6.10 Å². The van der Waals surface area contributed by atoms with Crippen LogP contribution in [0.15, 0.2) is 30.3 Å². The molecule has 0 N–H and O–H groups in total. The molecule has 0 aliphatic carbocycles. The largest absolute Gasteiger partial charge is 0.496 e. The first-order valence-electron chi connectivity index (χ1n) is 9.20. The Kier molecular flexibility index (Phi) is 5.96. The summed E-state index contributed by atoms with van der Waals surface area (Å²) in [5, 5.41) is 0. The first kappa shape index (κ1) is 20.5. The molecule has 0 saturated carbocycles. The van der Waals surface area contributed by atoms with Crippen LogP contribution in [-0.4, -0.2) is 32.3 Å². The van der Waals surface area contributed by atoms with E-state index in [4.69, 9.17) is 23.7 Å². The summed E-state index contributed by atoms with van der Waals surface area (Å²) >= 11 is 0. The Balaban J connectivity index is 2.03. The van der Waals surface area contributed by atoms with Crippen LogP contribution in [0.4, 0.5) is 0 Å². The third-order valence-electron chi connectivity index (χ3n) is 4.76. The van der Waals surface area contributed by atoms with Gasteiger partial charge in [-0.25, -0.2) is 0 Å². The highest BCUT2D eigenvalue weighted by Gasteiger charge is 2.37. The Labute approximate surface area is 169 Å². The van der Waals surface area contributed by atoms with E-state index in [1.54, 1.807) is 44.6 Å². The number of rotatable bonds is 5. The van der Waals surface area contributed by atoms with Gasteiger partial charge < -0.3 is 23.7 Å². The van der Waals surface area contributed by atoms with Crippen LogP contribution in [0.3, 0.4) is 0 Å². The predicted octanol–water partition coefficient (Wildman–Crippen LogP) is 3.55. The lowest BCUT2D eigenvalue weighted by Crippen LogP contribution is -2.34. The molecule has 7 heteroatoms. The fourth-order valence-corrected chi connectivity index (χ4v) is 3.51. The maximum Gasteiger partial charge on any atom is 0.308 e. The van der Waals surface area contributed by atoms with E-state index in [0.717, 1.165) is 16.7 Å². The molecule has 29 heavy (non-hydrogen) atoms. The Morgan fingerprint density at radius 1 is 1.00 bits per heavy atom. The molecule has 0 radical (unpaired) electrons. The average molecular weight is 400 g/mol. The second kappa shape index (κ2) is 8.43. The Bertz CT molecular complexity index is 918. The first-order valence-corrected chi connectivity index (χ1v) is 9.20. The number of esters is 2. The van der Waals surface area contributed by atoms with Crippen LogP contribution in [0.5, 0.6) is 23.0 Å². The van der Waals surface area contributed by atoms with Gasteiger partial charge in [0, 0.05) is 37.5 Å². The van der Waals surface area contributed by atoms with E-state index in [1.807, 2.05) is 6.92 Å². The number of ether oxygens (including phenoxy) is 5. The quantitative estimate of drug-likeness (QED) is 0.561. The van der Waals surface area contributed by atoms with Crippen LogP contribution in [0.1, 0.15) is 36.6 Å². The van der Waals surface area contributed by atoms with Gasteiger partial charge in [0.25, 0.3) is 0 Å². The second-order valence-electron chi connectivity index (χ2n) is 6.77. The minimum atomic E-state index is -0.540. The third-order valence-corrected chi connectivity index (χ3v) is 4.76. The van der Waals surface area contributed by atoms with Gasteiger partial charge >= 0.3 is 11.9 Å². The number of carbonyl (C=O) groups excluding carboxylic acids is 2. The Morgan fingerprint density at radius 3 is 2.21 bits per heavy atom. The van der Waals surface area contributed by atoms with Crippen molar-refractivity contribution in [1.29, 1.82) is 0 Å². The summed E-state index contributed by atoms with van der Waals surface area (Å²) < 4.78 is 27.9. The Morgan fingerprint density at radius 2 is 1.66 bits per heavy atom. The molecule has 7 nitrogen and oxygen atoms in total. The molecule has 0 unspecified atom stereocenters. The summed E-state index contributed by atoms with van der Waals surface area (Å²) in [5.41, 5.74) is 2.45. The number of hydrogen-bond acceptors (Lipinski definition) is 7. The molecule has 2 atom stereocenters. The van der Waals surface area contributed by atoms with Crippen molar-refractivity contribution in [3.63, 3.8) is 0 Å². The van der Waals surface area contributed by atoms with Crippen LogP contribution >= 0.6 is 0 Å². The van der Waals surface area contributed by atoms with E-state index >= 15 is 0 Å². The lowest BCUT2D eigenvalue weighted by atomic mass is 9.92. The molecule has 1 heterocycles. The lowest BCUT2D eigenvalue weighted by molar-refractivity contribution is -0.152. The van der Waals surface area contributed by atoms with Crippen molar-refractivity contribution < 1.29 is 33.3 Å². The molecular weight excluding hydrogens is 376 g/mol. The zero-order valence-corrected chi connectivity index (χ0v) is 17.1. The number of benzene rings is 2. The highest BCUT2D eigenvalue weighted by atomic mass is 16.6. The Hall–Kier alpha value is -3.22. The zero-order valence-electron chi connectivity index (χ0n) is 17.1. The topological polar surface area (TPSA) is 80.3 Å². The molecule has 3 rings (SSSR count). The maximum atomic E-state index is 11.7. The molecule has 0 bridgehead atoms. The minimum Gasteiger partial charge on any atom is -0.496 e. The second-order valence-corrected chi connectivity index (χ2v) is 6.77. The van der Waals surface area contributed by atoms with E-state index in [9.17, 15) is 9.59 Å². The molecule has 2 aromatic carbocycles. The lowest BCUT2D eigenvalue weighted by Gasteiger charge is -2.35. The van der Waals surface area contributed by atoms with Crippen LogP contribution in [0.25, 0.3) is 0 Å². The summed E-state index contributed by atoms with van der Waals surface area (Å²) in [5.74, 6) is 1.56. The van der Waals surface area contributed by atoms with E-state index in [0.29, 0.717) is 29.4 Å². The normalized spacial score (nSPS) is 17.6. The molecule has 154 valence electrons. The van der Waals surface area contributed by atoms with Gasteiger partial charge in [0.05, 0.1) is 14.2 Å². The van der Waals surface area contributed by atoms with Crippen LogP contribution in [-0.2, 0) is 20.7 Å². The van der Waals surface area contributed by atoms with Crippen molar-refractivity contribution in [3.05, 3.63) is 47.0 Å². The van der Waals surface area contributed by atoms with Crippen LogP contribution < -0.4 is 18.9 Å². The molecule has 0 fully saturated rings. The summed E-state index contributed by atoms with van der Waals surface area (Å²) in [6.45, 7) is 4.62. The summed E-state index contributed by atoms with van der Waals surface area (Å²) in [4.78, 5) is 22.9. The van der Waals surface area contributed by atoms with Gasteiger partial charge in [-0.1, -0.05) is 12.1 Å². The fourth-order valence-electron chi connectivity index (χ4n) is 3.51. The van der Waals surface area contributed by atoms with Crippen molar-refractivity contribution in [2.24, 2.45) is 0 Å². The molecule has 2 aromatic rings. The number of fused-ring (bicyclic) bond motifs is 1. The van der Waals surface area contributed by atoms with Crippen molar-refractivity contribution in [2.45, 2.75) is 39.4 Å². The molecule has 1 aliphatic heterocycles. The smallest absolute Gasteiger partial charge is 0.308 e. The van der Waals surface area contributed by atoms with Gasteiger partial charge in [-0.2, -0.15) is 0 Å². The summed E-state index contributed by atoms with van der Waals surface area (Å²) in [7, 11) is 3.16. The van der Waals surface area contributed by atoms with Crippen LogP contribution in [0, 0.1) is 6.92 Å². The van der Waals surface area contributed by atoms with E-state index in [1.165, 1.54) is 13.8 Å². The summed E-state index contributed by atoms with van der Waals surface area (Å²) in [6, 6.07) is 8.74. The number of hydrogen-bond donors (Lipinski definition) is 0. The molecule has 0 aromatic heterocycles. The van der Waals surface area contributed by atoms with E-state index in [-0.39, 0.29) is 0 Å². The van der Waals surface area contributed by atoms with Crippen molar-refractivity contribution >= 4 is 11.9 Å². The van der Waals surface area contributed by atoms with Crippen molar-refractivity contribution in [2.75, 3.05) is 14.2 Å². The fraction of sp³-hybridized carbons (Fsp3) is 0.364. The predicted molar refractivity (Wildman–Crippen MR) is 105 cm³/mol. The number of methoxy groups -OCH3 is 2. The monoisotopic (exact) mass is 400 g/mol. The molecule has 1 aliphatic rings. The van der Waals surface area contributed by atoms with Gasteiger partial charge in [0.1, 0.15) is 29.1 Å². The van der Waals surface area contributed by atoms with Gasteiger partial charge in [0.2, 0.25) is 0 Å². The van der Waals surface area contributed by atoms with E-state index in [2.05, 4.69) is 0 Å². The van der Waals surface area contributed by atoms with Crippen molar-refractivity contribution in [1.82, 2.24) is 0 Å². The maximum absolute atomic E-state index is 11.7. The first-order chi connectivity index (χ1) is 13.8. The van der Waals surface area contributed by atoms with Crippen LogP contribution in [0.2, 0.25) is 0 Å². The standard InChI is InChI=1S/C22H24O7/c1-12-18(25-4)11-19(26-5)17-10-20(28-14(3)24)22(29-21(12)17)15-6-8-16(9-7-15)27-13(2)23/h6-9,11,20,22H,10H2,1-5H3/t20-,22-/m1/s1. The van der Waals surface area contributed by atoms with Gasteiger partial charge in [-0.15, -0.1) is 0 Å². The number of carbonyl (C=O) groups is 2. The molecular formula is C22H24O7. The average Bonchev–Trinajstić information content (AvgIpc) is 2.68. The highest BCUT2D eigenvalue weighted by molar-refractivity contribution is 5.69. The molecule has 0 spiro atoms. The SMILES string of the molecule is COc1cc(OC)c2c(c1C)O[C@H](c1ccc(OC(C)=O)cc1)[C@H](OC(C)=O)C2. The van der Waals surface area contributed by atoms with E-state index < -0.39 is 24.1 Å². The summed E-state index contributed by atoms with van der Waals surface area (Å²) in [6.07, 6.45) is -0.645.